The van der Waals surface area contributed by atoms with Crippen LogP contribution in [0.15, 0.2) is 17.0 Å². The zero-order valence-electron chi connectivity index (χ0n) is 12.0. The van der Waals surface area contributed by atoms with Gasteiger partial charge in [0, 0.05) is 18.2 Å². The summed E-state index contributed by atoms with van der Waals surface area (Å²) < 4.78 is 34.2. The quantitative estimate of drug-likeness (QED) is 0.798. The Kier molecular flexibility index (Phi) is 3.54. The van der Waals surface area contributed by atoms with Gasteiger partial charge in [0.15, 0.2) is 9.84 Å². The third-order valence-electron chi connectivity index (χ3n) is 3.06. The average Bonchev–Trinajstić information content (AvgIpc) is 2.60. The molecule has 110 valence electrons. The molecule has 0 amide bonds. The summed E-state index contributed by atoms with van der Waals surface area (Å²) in [6, 6.07) is 2.90. The van der Waals surface area contributed by atoms with Gasteiger partial charge in [-0.2, -0.15) is 0 Å². The molecule has 1 aromatic rings. The van der Waals surface area contributed by atoms with Gasteiger partial charge in [-0.1, -0.05) is 0 Å². The van der Waals surface area contributed by atoms with E-state index in [0.717, 1.165) is 11.8 Å². The largest absolute Gasteiger partial charge is 0.486 e. The van der Waals surface area contributed by atoms with Crippen LogP contribution >= 0.6 is 0 Å². The zero-order chi connectivity index (χ0) is 15.1. The lowest BCUT2D eigenvalue weighted by Crippen LogP contribution is -2.25. The lowest BCUT2D eigenvalue weighted by atomic mass is 10.0. The maximum atomic E-state index is 12.0. The molecule has 0 saturated heterocycles. The molecular formula is C14H18O5S. The number of carbonyl (C=O) groups is 1. The first-order chi connectivity index (χ1) is 9.14. The van der Waals surface area contributed by atoms with Crippen LogP contribution in [-0.4, -0.2) is 32.9 Å². The first kappa shape index (κ1) is 14.8. The van der Waals surface area contributed by atoms with Crippen molar-refractivity contribution in [1.82, 2.24) is 0 Å². The Labute approximate surface area is 118 Å². The Morgan fingerprint density at radius 3 is 2.60 bits per heavy atom. The first-order valence-electron chi connectivity index (χ1n) is 6.37. The van der Waals surface area contributed by atoms with Crippen molar-refractivity contribution in [3.05, 3.63) is 23.3 Å². The first-order valence-corrected chi connectivity index (χ1v) is 8.26. The lowest BCUT2D eigenvalue weighted by Gasteiger charge is -2.18. The molecule has 0 fully saturated rings. The second-order valence-electron chi connectivity index (χ2n) is 5.49. The number of ether oxygens (including phenoxy) is 2. The van der Waals surface area contributed by atoms with Crippen molar-refractivity contribution in [1.29, 1.82) is 0 Å². The van der Waals surface area contributed by atoms with E-state index < -0.39 is 21.4 Å². The predicted molar refractivity (Wildman–Crippen MR) is 73.9 cm³/mol. The highest BCUT2D eigenvalue weighted by Gasteiger charge is 2.35. The minimum Gasteiger partial charge on any atom is -0.486 e. The van der Waals surface area contributed by atoms with E-state index in [9.17, 15) is 13.2 Å². The number of hydrogen-bond acceptors (Lipinski definition) is 5. The molecular weight excluding hydrogens is 280 g/mol. The standard InChI is InChI=1S/C14H18O5S/c1-5-18-13(15)11-7-10(20(4,16)17)6-9-8-14(2,3)19-12(9)11/h6-7H,5,8H2,1-4H3. The molecule has 0 N–H and O–H groups in total. The summed E-state index contributed by atoms with van der Waals surface area (Å²) in [6.45, 7) is 5.70. The number of carbonyl (C=O) groups excluding carboxylic acids is 1. The summed E-state index contributed by atoms with van der Waals surface area (Å²) in [4.78, 5) is 12.1. The third kappa shape index (κ3) is 2.80. The lowest BCUT2D eigenvalue weighted by molar-refractivity contribution is 0.0516. The molecule has 20 heavy (non-hydrogen) atoms. The van der Waals surface area contributed by atoms with Gasteiger partial charge in [-0.05, 0) is 32.9 Å². The van der Waals surface area contributed by atoms with Crippen molar-refractivity contribution in [2.75, 3.05) is 12.9 Å². The highest BCUT2D eigenvalue weighted by atomic mass is 32.2. The van der Waals surface area contributed by atoms with Gasteiger partial charge < -0.3 is 9.47 Å². The second-order valence-corrected chi connectivity index (χ2v) is 7.51. The van der Waals surface area contributed by atoms with Gasteiger partial charge >= 0.3 is 5.97 Å². The summed E-state index contributed by atoms with van der Waals surface area (Å²) in [5.74, 6) is -0.132. The van der Waals surface area contributed by atoms with E-state index >= 15 is 0 Å². The van der Waals surface area contributed by atoms with Gasteiger partial charge in [-0.25, -0.2) is 13.2 Å². The highest BCUT2D eigenvalue weighted by Crippen LogP contribution is 2.39. The normalized spacial score (nSPS) is 16.4. The predicted octanol–water partition coefficient (Wildman–Crippen LogP) is 1.98. The fraction of sp³-hybridized carbons (Fsp3) is 0.500. The molecule has 5 nitrogen and oxygen atoms in total. The number of hydrogen-bond donors (Lipinski definition) is 0. The van der Waals surface area contributed by atoms with Crippen LogP contribution in [0, 0.1) is 0 Å². The smallest absolute Gasteiger partial charge is 0.341 e. The maximum Gasteiger partial charge on any atom is 0.341 e. The molecule has 0 atom stereocenters. The van der Waals surface area contributed by atoms with Crippen LogP contribution in [0.25, 0.3) is 0 Å². The van der Waals surface area contributed by atoms with E-state index in [1.54, 1.807) is 13.0 Å². The SMILES string of the molecule is CCOC(=O)c1cc(S(C)(=O)=O)cc2c1OC(C)(C)C2. The van der Waals surface area contributed by atoms with Gasteiger partial charge in [0.2, 0.25) is 0 Å². The number of sulfone groups is 1. The van der Waals surface area contributed by atoms with Crippen LogP contribution in [0.1, 0.15) is 36.7 Å². The van der Waals surface area contributed by atoms with E-state index in [0.29, 0.717) is 12.2 Å². The van der Waals surface area contributed by atoms with Crippen LogP contribution in [0.5, 0.6) is 5.75 Å². The average molecular weight is 298 g/mol. The van der Waals surface area contributed by atoms with Crippen molar-refractivity contribution in [3.8, 4) is 5.75 Å². The monoisotopic (exact) mass is 298 g/mol. The van der Waals surface area contributed by atoms with Crippen LogP contribution < -0.4 is 4.74 Å². The van der Waals surface area contributed by atoms with Crippen molar-refractivity contribution >= 4 is 15.8 Å². The van der Waals surface area contributed by atoms with E-state index in [1.807, 2.05) is 13.8 Å². The molecule has 0 bridgehead atoms. The van der Waals surface area contributed by atoms with Crippen LogP contribution in [-0.2, 0) is 21.0 Å². The number of esters is 1. The van der Waals surface area contributed by atoms with Gasteiger partial charge in [-0.15, -0.1) is 0 Å². The van der Waals surface area contributed by atoms with Gasteiger partial charge in [0.25, 0.3) is 0 Å². The molecule has 0 radical (unpaired) electrons. The summed E-state index contributed by atoms with van der Waals surface area (Å²) in [5, 5.41) is 0. The summed E-state index contributed by atoms with van der Waals surface area (Å²) in [7, 11) is -3.40. The Morgan fingerprint density at radius 1 is 1.40 bits per heavy atom. The van der Waals surface area contributed by atoms with Crippen LogP contribution in [0.2, 0.25) is 0 Å². The number of rotatable bonds is 3. The fourth-order valence-corrected chi connectivity index (χ4v) is 2.95. The van der Waals surface area contributed by atoms with E-state index in [4.69, 9.17) is 9.47 Å². The summed E-state index contributed by atoms with van der Waals surface area (Å²) in [5.41, 5.74) is 0.441. The Balaban J connectivity index is 2.61. The van der Waals surface area contributed by atoms with Crippen molar-refractivity contribution < 1.29 is 22.7 Å². The number of benzene rings is 1. The maximum absolute atomic E-state index is 12.0. The van der Waals surface area contributed by atoms with E-state index in [2.05, 4.69) is 0 Å². The summed E-state index contributed by atoms with van der Waals surface area (Å²) in [6.07, 6.45) is 1.67. The molecule has 6 heteroatoms. The molecule has 2 rings (SSSR count). The molecule has 0 aliphatic carbocycles. The molecule has 0 aromatic heterocycles. The molecule has 1 aromatic carbocycles. The van der Waals surface area contributed by atoms with Gasteiger partial charge in [0.1, 0.15) is 16.9 Å². The van der Waals surface area contributed by atoms with Crippen LogP contribution in [0.3, 0.4) is 0 Å². The van der Waals surface area contributed by atoms with E-state index in [-0.39, 0.29) is 17.1 Å². The molecule has 1 aliphatic rings. The highest BCUT2D eigenvalue weighted by molar-refractivity contribution is 7.90. The molecule has 0 saturated carbocycles. The third-order valence-corrected chi connectivity index (χ3v) is 4.15. The van der Waals surface area contributed by atoms with Crippen molar-refractivity contribution in [2.24, 2.45) is 0 Å². The molecule has 0 spiro atoms. The van der Waals surface area contributed by atoms with E-state index in [1.165, 1.54) is 6.07 Å². The molecule has 1 aliphatic heterocycles. The Hall–Kier alpha value is -1.56. The minimum atomic E-state index is -3.40. The zero-order valence-corrected chi connectivity index (χ0v) is 12.8. The van der Waals surface area contributed by atoms with Crippen molar-refractivity contribution in [2.45, 2.75) is 37.7 Å². The van der Waals surface area contributed by atoms with Gasteiger partial charge in [0.05, 0.1) is 11.5 Å². The van der Waals surface area contributed by atoms with Crippen LogP contribution in [0.4, 0.5) is 0 Å². The fourth-order valence-electron chi connectivity index (χ4n) is 2.26. The topological polar surface area (TPSA) is 69.7 Å². The summed E-state index contributed by atoms with van der Waals surface area (Å²) >= 11 is 0. The number of fused-ring (bicyclic) bond motifs is 1. The second kappa shape index (κ2) is 4.77. The Morgan fingerprint density at radius 2 is 2.05 bits per heavy atom. The Bertz CT molecular complexity index is 658. The van der Waals surface area contributed by atoms with Crippen molar-refractivity contribution in [3.63, 3.8) is 0 Å². The molecule has 0 unspecified atom stereocenters. The van der Waals surface area contributed by atoms with Gasteiger partial charge in [-0.3, -0.25) is 0 Å². The minimum absolute atomic E-state index is 0.112. The molecule has 1 heterocycles.